The van der Waals surface area contributed by atoms with E-state index in [1.165, 1.54) is 19.1 Å². The van der Waals surface area contributed by atoms with Gasteiger partial charge in [0.1, 0.15) is 9.84 Å². The summed E-state index contributed by atoms with van der Waals surface area (Å²) in [6.07, 6.45) is 4.34. The molecule has 1 saturated carbocycles. The Kier molecular flexibility index (Phi) is 4.34. The summed E-state index contributed by atoms with van der Waals surface area (Å²) in [5, 5.41) is 12.7. The van der Waals surface area contributed by atoms with Gasteiger partial charge in [0.2, 0.25) is 0 Å². The fourth-order valence-electron chi connectivity index (χ4n) is 1.27. The van der Waals surface area contributed by atoms with Crippen molar-refractivity contribution >= 4 is 9.84 Å². The molecule has 14 heavy (non-hydrogen) atoms. The number of aliphatic hydroxyl groups excluding tert-OH is 1. The van der Waals surface area contributed by atoms with Crippen molar-refractivity contribution in [3.8, 4) is 0 Å². The van der Waals surface area contributed by atoms with Gasteiger partial charge in [-0.3, -0.25) is 0 Å². The molecule has 1 aliphatic carbocycles. The Morgan fingerprint density at radius 2 is 2.14 bits per heavy atom. The van der Waals surface area contributed by atoms with Crippen molar-refractivity contribution in [3.63, 3.8) is 0 Å². The molecule has 84 valence electrons. The van der Waals surface area contributed by atoms with E-state index in [9.17, 15) is 13.5 Å². The van der Waals surface area contributed by atoms with Crippen LogP contribution in [0.2, 0.25) is 0 Å². The predicted octanol–water partition coefficient (Wildman–Crippen LogP) is -0.0759. The molecular formula is C9H19NO3S. The molecule has 4 nitrogen and oxygen atoms in total. The van der Waals surface area contributed by atoms with E-state index >= 15 is 0 Å². The fraction of sp³-hybridized carbons (Fsp3) is 1.00. The van der Waals surface area contributed by atoms with Crippen molar-refractivity contribution in [1.29, 1.82) is 0 Å². The SMILES string of the molecule is CS(=O)(=O)CCCC(O)CNC1CC1. The van der Waals surface area contributed by atoms with E-state index in [1.54, 1.807) is 0 Å². The molecule has 1 unspecified atom stereocenters. The lowest BCUT2D eigenvalue weighted by Gasteiger charge is -2.10. The lowest BCUT2D eigenvalue weighted by Crippen LogP contribution is -2.28. The molecule has 0 aliphatic heterocycles. The van der Waals surface area contributed by atoms with Crippen molar-refractivity contribution in [2.45, 2.75) is 37.8 Å². The molecule has 0 spiro atoms. The average molecular weight is 221 g/mol. The number of nitrogens with one attached hydrogen (secondary N) is 1. The predicted molar refractivity (Wildman–Crippen MR) is 56.0 cm³/mol. The Labute approximate surface area is 85.6 Å². The second kappa shape index (κ2) is 5.09. The normalized spacial score (nSPS) is 19.6. The van der Waals surface area contributed by atoms with Gasteiger partial charge in [-0.2, -0.15) is 0 Å². The van der Waals surface area contributed by atoms with Gasteiger partial charge in [-0.15, -0.1) is 0 Å². The van der Waals surface area contributed by atoms with Crippen LogP contribution in [-0.4, -0.2) is 44.2 Å². The maximum Gasteiger partial charge on any atom is 0.147 e. The quantitative estimate of drug-likeness (QED) is 0.631. The maximum atomic E-state index is 10.8. The number of hydrogen-bond acceptors (Lipinski definition) is 4. The smallest absolute Gasteiger partial charge is 0.147 e. The van der Waals surface area contributed by atoms with Gasteiger partial charge < -0.3 is 10.4 Å². The van der Waals surface area contributed by atoms with Crippen LogP contribution in [0.15, 0.2) is 0 Å². The summed E-state index contributed by atoms with van der Waals surface area (Å²) in [6.45, 7) is 0.592. The van der Waals surface area contributed by atoms with Crippen LogP contribution in [0.5, 0.6) is 0 Å². The van der Waals surface area contributed by atoms with Crippen molar-refractivity contribution in [3.05, 3.63) is 0 Å². The fourth-order valence-corrected chi connectivity index (χ4v) is 1.96. The standard InChI is InChI=1S/C9H19NO3S/c1-14(12,13)6-2-3-9(11)7-10-8-4-5-8/h8-11H,2-7H2,1H3. The third-order valence-electron chi connectivity index (χ3n) is 2.27. The highest BCUT2D eigenvalue weighted by atomic mass is 32.2. The van der Waals surface area contributed by atoms with Crippen LogP contribution >= 0.6 is 0 Å². The Bertz CT molecular complexity index is 259. The monoisotopic (exact) mass is 221 g/mol. The lowest BCUT2D eigenvalue weighted by atomic mass is 10.2. The molecule has 0 aromatic heterocycles. The molecule has 0 radical (unpaired) electrons. The summed E-state index contributed by atoms with van der Waals surface area (Å²) < 4.78 is 21.6. The van der Waals surface area contributed by atoms with Crippen LogP contribution in [0.25, 0.3) is 0 Å². The zero-order chi connectivity index (χ0) is 10.6. The molecule has 5 heteroatoms. The maximum absolute atomic E-state index is 10.8. The van der Waals surface area contributed by atoms with Crippen LogP contribution in [-0.2, 0) is 9.84 Å². The molecule has 0 aromatic carbocycles. The first kappa shape index (κ1) is 11.9. The second-order valence-corrected chi connectivity index (χ2v) is 6.37. The van der Waals surface area contributed by atoms with Crippen LogP contribution < -0.4 is 5.32 Å². The van der Waals surface area contributed by atoms with E-state index in [2.05, 4.69) is 5.32 Å². The summed E-state index contributed by atoms with van der Waals surface area (Å²) >= 11 is 0. The third-order valence-corrected chi connectivity index (χ3v) is 3.30. The molecule has 0 saturated heterocycles. The largest absolute Gasteiger partial charge is 0.392 e. The van der Waals surface area contributed by atoms with Crippen LogP contribution in [0.1, 0.15) is 25.7 Å². The van der Waals surface area contributed by atoms with Crippen molar-refractivity contribution in [2.75, 3.05) is 18.6 Å². The molecule has 1 aliphatic rings. The van der Waals surface area contributed by atoms with E-state index in [4.69, 9.17) is 0 Å². The topological polar surface area (TPSA) is 66.4 Å². The Morgan fingerprint density at radius 3 is 2.64 bits per heavy atom. The molecule has 1 fully saturated rings. The minimum Gasteiger partial charge on any atom is -0.392 e. The Balaban J connectivity index is 1.99. The van der Waals surface area contributed by atoms with E-state index in [-0.39, 0.29) is 5.75 Å². The van der Waals surface area contributed by atoms with Gasteiger partial charge in [0.05, 0.1) is 6.10 Å². The highest BCUT2D eigenvalue weighted by Crippen LogP contribution is 2.18. The third kappa shape index (κ3) is 6.34. The molecule has 0 aromatic rings. The minimum absolute atomic E-state index is 0.174. The van der Waals surface area contributed by atoms with Gasteiger partial charge in [-0.25, -0.2) is 8.42 Å². The number of sulfone groups is 1. The summed E-state index contributed by atoms with van der Waals surface area (Å²) in [6, 6.07) is 0.597. The van der Waals surface area contributed by atoms with Gasteiger partial charge >= 0.3 is 0 Å². The van der Waals surface area contributed by atoms with Gasteiger partial charge in [-0.05, 0) is 25.7 Å². The van der Waals surface area contributed by atoms with Gasteiger partial charge in [0.15, 0.2) is 0 Å². The first-order chi connectivity index (χ1) is 6.47. The van der Waals surface area contributed by atoms with E-state index in [0.29, 0.717) is 25.4 Å². The Morgan fingerprint density at radius 1 is 1.50 bits per heavy atom. The molecule has 0 heterocycles. The van der Waals surface area contributed by atoms with E-state index in [0.717, 1.165) is 0 Å². The number of rotatable bonds is 7. The molecule has 0 amide bonds. The van der Waals surface area contributed by atoms with Crippen molar-refractivity contribution in [1.82, 2.24) is 5.32 Å². The van der Waals surface area contributed by atoms with Crippen LogP contribution in [0, 0.1) is 0 Å². The molecular weight excluding hydrogens is 202 g/mol. The van der Waals surface area contributed by atoms with Crippen molar-refractivity contribution < 1.29 is 13.5 Å². The lowest BCUT2D eigenvalue weighted by molar-refractivity contribution is 0.160. The second-order valence-electron chi connectivity index (χ2n) is 4.11. The first-order valence-corrected chi connectivity index (χ1v) is 7.12. The van der Waals surface area contributed by atoms with E-state index in [1.807, 2.05) is 0 Å². The molecule has 1 atom stereocenters. The van der Waals surface area contributed by atoms with Crippen LogP contribution in [0.4, 0.5) is 0 Å². The number of hydrogen-bond donors (Lipinski definition) is 2. The highest BCUT2D eigenvalue weighted by molar-refractivity contribution is 7.90. The van der Waals surface area contributed by atoms with E-state index < -0.39 is 15.9 Å². The summed E-state index contributed by atoms with van der Waals surface area (Å²) in [4.78, 5) is 0. The zero-order valence-corrected chi connectivity index (χ0v) is 9.39. The minimum atomic E-state index is -2.87. The molecule has 1 rings (SSSR count). The highest BCUT2D eigenvalue weighted by Gasteiger charge is 2.21. The Hall–Kier alpha value is -0.130. The summed E-state index contributed by atoms with van der Waals surface area (Å²) in [7, 11) is -2.87. The van der Waals surface area contributed by atoms with Crippen LogP contribution in [0.3, 0.4) is 0 Å². The zero-order valence-electron chi connectivity index (χ0n) is 8.57. The summed E-state index contributed by atoms with van der Waals surface area (Å²) in [5.41, 5.74) is 0. The average Bonchev–Trinajstić information content (AvgIpc) is 2.81. The van der Waals surface area contributed by atoms with Gasteiger partial charge in [0, 0.05) is 24.6 Å². The molecule has 0 bridgehead atoms. The van der Waals surface area contributed by atoms with Gasteiger partial charge in [-0.1, -0.05) is 0 Å². The van der Waals surface area contributed by atoms with Gasteiger partial charge in [0.25, 0.3) is 0 Å². The number of aliphatic hydroxyl groups is 1. The summed E-state index contributed by atoms with van der Waals surface area (Å²) in [5.74, 6) is 0.174. The first-order valence-electron chi connectivity index (χ1n) is 5.06. The molecule has 2 N–H and O–H groups in total. The van der Waals surface area contributed by atoms with Crippen molar-refractivity contribution in [2.24, 2.45) is 0 Å².